The van der Waals surface area contributed by atoms with E-state index < -0.39 is 0 Å². The Morgan fingerprint density at radius 3 is 2.52 bits per heavy atom. The van der Waals surface area contributed by atoms with Crippen LogP contribution in [0.25, 0.3) is 0 Å². The van der Waals surface area contributed by atoms with Crippen molar-refractivity contribution in [2.24, 2.45) is 4.99 Å². The molecular formula is C19H35N7S. The second-order valence-electron chi connectivity index (χ2n) is 7.32. The zero-order chi connectivity index (χ0) is 19.5. The van der Waals surface area contributed by atoms with Gasteiger partial charge in [0.2, 0.25) is 5.95 Å². The number of piperazine rings is 1. The molecule has 8 heteroatoms. The highest BCUT2D eigenvalue weighted by Gasteiger charge is 2.18. The molecule has 1 aliphatic rings. The van der Waals surface area contributed by atoms with E-state index in [0.29, 0.717) is 0 Å². The summed E-state index contributed by atoms with van der Waals surface area (Å²) < 4.78 is 0.171. The number of nitrogens with one attached hydrogen (secondary N) is 2. The highest BCUT2D eigenvalue weighted by atomic mass is 32.2. The lowest BCUT2D eigenvalue weighted by Gasteiger charge is -2.34. The molecule has 27 heavy (non-hydrogen) atoms. The number of anilines is 1. The molecular weight excluding hydrogens is 358 g/mol. The number of aromatic nitrogens is 2. The molecule has 2 N–H and O–H groups in total. The second kappa shape index (κ2) is 11.3. The van der Waals surface area contributed by atoms with Crippen molar-refractivity contribution in [3.8, 4) is 0 Å². The minimum absolute atomic E-state index is 0.171. The molecule has 0 spiro atoms. The minimum atomic E-state index is 0.171. The number of hydrogen-bond acceptors (Lipinski definition) is 6. The lowest BCUT2D eigenvalue weighted by Crippen LogP contribution is -2.47. The summed E-state index contributed by atoms with van der Waals surface area (Å²) in [5, 5.41) is 6.80. The number of thioether (sulfide) groups is 1. The average Bonchev–Trinajstić information content (AvgIpc) is 2.70. The second-order valence-corrected chi connectivity index (χ2v) is 8.83. The summed E-state index contributed by atoms with van der Waals surface area (Å²) in [4.78, 5) is 18.2. The fourth-order valence-electron chi connectivity index (χ4n) is 2.81. The average molecular weight is 394 g/mol. The highest BCUT2D eigenvalue weighted by molar-refractivity contribution is 7.99. The maximum absolute atomic E-state index is 4.72. The fraction of sp³-hybridized carbons (Fsp3) is 0.737. The van der Waals surface area contributed by atoms with Gasteiger partial charge < -0.3 is 15.5 Å². The smallest absolute Gasteiger partial charge is 0.225 e. The summed E-state index contributed by atoms with van der Waals surface area (Å²) >= 11 is 1.85. The van der Waals surface area contributed by atoms with Gasteiger partial charge in [0.25, 0.3) is 0 Å². The van der Waals surface area contributed by atoms with Gasteiger partial charge in [-0.05, 0) is 46.1 Å². The van der Waals surface area contributed by atoms with Crippen LogP contribution in [-0.2, 0) is 0 Å². The van der Waals surface area contributed by atoms with Gasteiger partial charge in [0.15, 0.2) is 5.96 Å². The molecule has 0 amide bonds. The van der Waals surface area contributed by atoms with Gasteiger partial charge in [0.1, 0.15) is 0 Å². The van der Waals surface area contributed by atoms with Crippen molar-refractivity contribution >= 4 is 23.7 Å². The topological polar surface area (TPSA) is 68.7 Å². The van der Waals surface area contributed by atoms with E-state index in [2.05, 4.69) is 57.4 Å². The Hall–Kier alpha value is -1.54. The summed E-state index contributed by atoms with van der Waals surface area (Å²) in [6, 6.07) is 1.86. The predicted molar refractivity (Wildman–Crippen MR) is 117 cm³/mol. The first-order valence-corrected chi connectivity index (χ1v) is 11.1. The van der Waals surface area contributed by atoms with Gasteiger partial charge in [-0.1, -0.05) is 0 Å². The summed E-state index contributed by atoms with van der Waals surface area (Å²) in [5.74, 6) is 1.77. The van der Waals surface area contributed by atoms with Crippen molar-refractivity contribution in [1.82, 2.24) is 25.5 Å². The maximum atomic E-state index is 4.72. The van der Waals surface area contributed by atoms with Gasteiger partial charge in [0.05, 0.1) is 6.54 Å². The monoisotopic (exact) mass is 393 g/mol. The Kier molecular flexibility index (Phi) is 9.14. The van der Waals surface area contributed by atoms with Crippen LogP contribution in [0.2, 0.25) is 0 Å². The Morgan fingerprint density at radius 1 is 1.19 bits per heavy atom. The molecule has 0 radical (unpaired) electrons. The van der Waals surface area contributed by atoms with Crippen molar-refractivity contribution in [2.45, 2.75) is 31.9 Å². The molecule has 0 saturated carbocycles. The van der Waals surface area contributed by atoms with Crippen molar-refractivity contribution in [2.75, 3.05) is 63.5 Å². The predicted octanol–water partition coefficient (Wildman–Crippen LogP) is 1.69. The van der Waals surface area contributed by atoms with E-state index in [1.807, 2.05) is 30.2 Å². The van der Waals surface area contributed by atoms with Gasteiger partial charge in [0, 0.05) is 56.4 Å². The minimum Gasteiger partial charge on any atom is -0.357 e. The number of aliphatic imine (C=N–C) groups is 1. The van der Waals surface area contributed by atoms with Crippen molar-refractivity contribution in [1.29, 1.82) is 0 Å². The molecule has 0 atom stereocenters. The first-order valence-electron chi connectivity index (χ1n) is 9.85. The molecule has 0 aliphatic carbocycles. The van der Waals surface area contributed by atoms with Crippen LogP contribution in [0.1, 0.15) is 27.2 Å². The number of hydrogen-bond donors (Lipinski definition) is 2. The molecule has 152 valence electrons. The van der Waals surface area contributed by atoms with Crippen LogP contribution in [0, 0.1) is 0 Å². The molecule has 1 aromatic heterocycles. The van der Waals surface area contributed by atoms with Crippen LogP contribution >= 0.6 is 11.8 Å². The zero-order valence-corrected chi connectivity index (χ0v) is 18.1. The quantitative estimate of drug-likeness (QED) is 0.376. The number of guanidine groups is 1. The maximum Gasteiger partial charge on any atom is 0.225 e. The van der Waals surface area contributed by atoms with E-state index in [0.717, 1.165) is 70.7 Å². The van der Waals surface area contributed by atoms with Crippen LogP contribution in [0.4, 0.5) is 5.95 Å². The van der Waals surface area contributed by atoms with Crippen LogP contribution in [-0.4, -0.2) is 84.2 Å². The summed E-state index contributed by atoms with van der Waals surface area (Å²) in [6.07, 6.45) is 6.87. The molecule has 2 rings (SSSR count). The van der Waals surface area contributed by atoms with Crippen LogP contribution in [0.15, 0.2) is 23.5 Å². The van der Waals surface area contributed by atoms with E-state index >= 15 is 0 Å². The Bertz CT molecular complexity index is 556. The molecule has 1 fully saturated rings. The zero-order valence-electron chi connectivity index (χ0n) is 17.2. The van der Waals surface area contributed by atoms with Gasteiger partial charge in [-0.25, -0.2) is 9.97 Å². The third-order valence-electron chi connectivity index (χ3n) is 4.67. The van der Waals surface area contributed by atoms with Crippen LogP contribution in [0.5, 0.6) is 0 Å². The first kappa shape index (κ1) is 21.8. The van der Waals surface area contributed by atoms with E-state index in [4.69, 9.17) is 4.99 Å². The molecule has 1 aromatic rings. The first-order chi connectivity index (χ1) is 13.0. The van der Waals surface area contributed by atoms with Crippen LogP contribution in [0.3, 0.4) is 0 Å². The molecule has 0 unspecified atom stereocenters. The van der Waals surface area contributed by atoms with Crippen LogP contribution < -0.4 is 15.5 Å². The Morgan fingerprint density at radius 2 is 1.89 bits per heavy atom. The molecule has 2 heterocycles. The molecule has 0 bridgehead atoms. The fourth-order valence-corrected chi connectivity index (χ4v) is 3.00. The number of rotatable bonds is 9. The van der Waals surface area contributed by atoms with Crippen molar-refractivity contribution < 1.29 is 0 Å². The SMILES string of the molecule is CCNC(=NCC(C)(C)SC)NCCCN1CCN(c2ncccn2)CC1. The van der Waals surface area contributed by atoms with E-state index in [1.54, 1.807) is 0 Å². The molecule has 7 nitrogen and oxygen atoms in total. The van der Waals surface area contributed by atoms with E-state index in [-0.39, 0.29) is 4.75 Å². The Labute approximate surface area is 168 Å². The van der Waals surface area contributed by atoms with E-state index in [1.165, 1.54) is 0 Å². The van der Waals surface area contributed by atoms with Gasteiger partial charge >= 0.3 is 0 Å². The van der Waals surface area contributed by atoms with Crippen molar-refractivity contribution in [3.63, 3.8) is 0 Å². The summed E-state index contributed by atoms with van der Waals surface area (Å²) in [6.45, 7) is 14.4. The molecule has 1 aliphatic heterocycles. The van der Waals surface area contributed by atoms with E-state index in [9.17, 15) is 0 Å². The third kappa shape index (κ3) is 7.92. The highest BCUT2D eigenvalue weighted by Crippen LogP contribution is 2.20. The lowest BCUT2D eigenvalue weighted by atomic mass is 10.2. The standard InChI is InChI=1S/C19H35N7S/c1-5-20-17(24-16-19(2,3)27-4)21-10-7-11-25-12-14-26(15-13-25)18-22-8-6-9-23-18/h6,8-9H,5,7,10-16H2,1-4H3,(H2,20,21,24). The summed E-state index contributed by atoms with van der Waals surface area (Å²) in [7, 11) is 0. The normalized spacial score (nSPS) is 16.4. The third-order valence-corrected chi connectivity index (χ3v) is 5.90. The van der Waals surface area contributed by atoms with Gasteiger partial charge in [-0.15, -0.1) is 0 Å². The Balaban J connectivity index is 1.66. The van der Waals surface area contributed by atoms with Gasteiger partial charge in [-0.3, -0.25) is 9.89 Å². The summed E-state index contributed by atoms with van der Waals surface area (Å²) in [5.41, 5.74) is 0. The lowest BCUT2D eigenvalue weighted by molar-refractivity contribution is 0.254. The largest absolute Gasteiger partial charge is 0.357 e. The van der Waals surface area contributed by atoms with Crippen molar-refractivity contribution in [3.05, 3.63) is 18.5 Å². The molecule has 1 saturated heterocycles. The van der Waals surface area contributed by atoms with Gasteiger partial charge in [-0.2, -0.15) is 11.8 Å². The molecule has 0 aromatic carbocycles. The number of nitrogens with zero attached hydrogens (tertiary/aromatic N) is 5.